The van der Waals surface area contributed by atoms with Crippen molar-refractivity contribution in [3.63, 3.8) is 0 Å². The van der Waals surface area contributed by atoms with E-state index in [9.17, 15) is 19.4 Å². The van der Waals surface area contributed by atoms with E-state index in [4.69, 9.17) is 0 Å². The molecule has 1 saturated heterocycles. The van der Waals surface area contributed by atoms with E-state index in [1.165, 1.54) is 23.5 Å². The molecule has 1 aromatic heterocycles. The van der Waals surface area contributed by atoms with Crippen molar-refractivity contribution in [3.05, 3.63) is 52.0 Å². The molecule has 1 fully saturated rings. The van der Waals surface area contributed by atoms with Crippen LogP contribution in [0.25, 0.3) is 0 Å². The molecule has 2 N–H and O–H groups in total. The number of nitrogens with zero attached hydrogens (tertiary/aromatic N) is 1. The molecule has 1 amide bonds. The number of thiophene rings is 1. The number of benzene rings is 1. The van der Waals surface area contributed by atoms with E-state index in [0.717, 1.165) is 23.8 Å². The van der Waals surface area contributed by atoms with Crippen LogP contribution in [0.3, 0.4) is 0 Å². The van der Waals surface area contributed by atoms with Crippen LogP contribution >= 0.6 is 11.3 Å². The molecule has 0 bridgehead atoms. The first kappa shape index (κ1) is 16.0. The highest BCUT2D eigenvalue weighted by atomic mass is 32.1. The molecule has 0 saturated carbocycles. The zero-order valence-corrected chi connectivity index (χ0v) is 13.3. The second kappa shape index (κ2) is 6.68. The highest BCUT2D eigenvalue weighted by Crippen LogP contribution is 2.31. The van der Waals surface area contributed by atoms with Gasteiger partial charge in [-0.25, -0.2) is 4.39 Å². The zero-order chi connectivity index (χ0) is 16.4. The number of carbonyl (C=O) groups is 1. The quantitative estimate of drug-likeness (QED) is 0.901. The first-order valence-corrected chi connectivity index (χ1v) is 8.45. The minimum Gasteiger partial charge on any atom is -0.507 e. The summed E-state index contributed by atoms with van der Waals surface area (Å²) < 4.78 is 13.1. The number of halogens is 1. The number of carbonyl (C=O) groups excluding carboxylic acids is 1. The predicted molar refractivity (Wildman–Crippen MR) is 86.0 cm³/mol. The van der Waals surface area contributed by atoms with Gasteiger partial charge in [0.05, 0.1) is 11.7 Å². The molecule has 6 heteroatoms. The van der Waals surface area contributed by atoms with Gasteiger partial charge < -0.3 is 15.1 Å². The number of aliphatic hydroxyl groups excluding tert-OH is 1. The number of amides is 1. The molecule has 2 unspecified atom stereocenters. The number of hydrogen-bond donors (Lipinski definition) is 2. The van der Waals surface area contributed by atoms with Crippen LogP contribution in [0.4, 0.5) is 4.39 Å². The summed E-state index contributed by atoms with van der Waals surface area (Å²) in [6, 6.07) is 7.10. The minimum absolute atomic E-state index is 0.0796. The molecular formula is C17H18FNO3S. The van der Waals surface area contributed by atoms with Gasteiger partial charge in [-0.15, -0.1) is 11.3 Å². The molecule has 23 heavy (non-hydrogen) atoms. The maximum atomic E-state index is 13.1. The Morgan fingerprint density at radius 2 is 2.26 bits per heavy atom. The molecular weight excluding hydrogens is 317 g/mol. The zero-order valence-electron chi connectivity index (χ0n) is 12.5. The van der Waals surface area contributed by atoms with Gasteiger partial charge in [0.25, 0.3) is 5.91 Å². The topological polar surface area (TPSA) is 60.8 Å². The van der Waals surface area contributed by atoms with Crippen molar-refractivity contribution < 1.29 is 19.4 Å². The maximum absolute atomic E-state index is 13.1. The molecule has 2 heterocycles. The van der Waals surface area contributed by atoms with Crippen LogP contribution in [-0.4, -0.2) is 33.6 Å². The van der Waals surface area contributed by atoms with Gasteiger partial charge in [-0.05, 0) is 42.8 Å². The molecule has 0 radical (unpaired) electrons. The Morgan fingerprint density at radius 3 is 2.96 bits per heavy atom. The van der Waals surface area contributed by atoms with Crippen molar-refractivity contribution in [1.29, 1.82) is 0 Å². The van der Waals surface area contributed by atoms with Gasteiger partial charge in [-0.3, -0.25) is 4.79 Å². The molecule has 1 aliphatic heterocycles. The fraction of sp³-hybridized carbons (Fsp3) is 0.353. The van der Waals surface area contributed by atoms with Crippen LogP contribution < -0.4 is 0 Å². The first-order chi connectivity index (χ1) is 11.1. The van der Waals surface area contributed by atoms with Gasteiger partial charge >= 0.3 is 0 Å². The summed E-state index contributed by atoms with van der Waals surface area (Å²) in [6.45, 7) is 0.581. The largest absolute Gasteiger partial charge is 0.507 e. The lowest BCUT2D eigenvalue weighted by atomic mass is 10.0. The third-order valence-electron chi connectivity index (χ3n) is 4.20. The fourth-order valence-corrected chi connectivity index (χ4v) is 3.77. The normalized spacial score (nSPS) is 19.0. The van der Waals surface area contributed by atoms with E-state index in [-0.39, 0.29) is 23.3 Å². The van der Waals surface area contributed by atoms with Gasteiger partial charge in [-0.1, -0.05) is 6.07 Å². The summed E-state index contributed by atoms with van der Waals surface area (Å²) in [5.74, 6) is -1.24. The smallest absolute Gasteiger partial charge is 0.257 e. The second-order valence-corrected chi connectivity index (χ2v) is 6.70. The van der Waals surface area contributed by atoms with Crippen LogP contribution in [0.15, 0.2) is 35.7 Å². The molecule has 3 rings (SSSR count). The average molecular weight is 335 g/mol. The summed E-state index contributed by atoms with van der Waals surface area (Å²) >= 11 is 1.49. The Hall–Kier alpha value is -1.92. The number of hydrogen-bond acceptors (Lipinski definition) is 4. The standard InChI is InChI=1S/C17H18FNO3S/c18-11-5-6-13(14(20)9-11)17(22)19-7-1-3-12(19)10-15(21)16-4-2-8-23-16/h2,4-6,8-9,12,15,20-21H,1,3,7,10H2. The Morgan fingerprint density at radius 1 is 1.43 bits per heavy atom. The molecule has 2 aromatic rings. The maximum Gasteiger partial charge on any atom is 0.257 e. The molecule has 1 aliphatic rings. The Balaban J connectivity index is 1.74. The lowest BCUT2D eigenvalue weighted by molar-refractivity contribution is 0.0667. The SMILES string of the molecule is O=C(c1ccc(F)cc1O)N1CCCC1CC(O)c1cccs1. The van der Waals surface area contributed by atoms with Crippen LogP contribution in [0.5, 0.6) is 5.75 Å². The van der Waals surface area contributed by atoms with Crippen molar-refractivity contribution in [2.24, 2.45) is 0 Å². The van der Waals surface area contributed by atoms with Crippen molar-refractivity contribution in [2.45, 2.75) is 31.4 Å². The number of rotatable bonds is 4. The van der Waals surface area contributed by atoms with Crippen LogP contribution in [0.1, 0.15) is 40.6 Å². The molecule has 2 atom stereocenters. The van der Waals surface area contributed by atoms with Gasteiger partial charge in [0.1, 0.15) is 11.6 Å². The molecule has 122 valence electrons. The third-order valence-corrected chi connectivity index (χ3v) is 5.17. The van der Waals surface area contributed by atoms with Crippen molar-refractivity contribution >= 4 is 17.2 Å². The highest BCUT2D eigenvalue weighted by molar-refractivity contribution is 7.10. The molecule has 4 nitrogen and oxygen atoms in total. The van der Waals surface area contributed by atoms with E-state index >= 15 is 0 Å². The minimum atomic E-state index is -0.602. The number of likely N-dealkylation sites (tertiary alicyclic amines) is 1. The van der Waals surface area contributed by atoms with Crippen molar-refractivity contribution in [3.8, 4) is 5.75 Å². The summed E-state index contributed by atoms with van der Waals surface area (Å²) in [6.07, 6.45) is 1.54. The monoisotopic (exact) mass is 335 g/mol. The Bertz CT molecular complexity index is 689. The van der Waals surface area contributed by atoms with E-state index in [0.29, 0.717) is 13.0 Å². The number of phenolic OH excluding ortho intramolecular Hbond substituents is 1. The second-order valence-electron chi connectivity index (χ2n) is 5.72. The molecule has 0 aliphatic carbocycles. The Labute approximate surface area is 137 Å². The van der Waals surface area contributed by atoms with Gasteiger partial charge in [-0.2, -0.15) is 0 Å². The average Bonchev–Trinajstić information content (AvgIpc) is 3.18. The lowest BCUT2D eigenvalue weighted by Gasteiger charge is -2.26. The summed E-state index contributed by atoms with van der Waals surface area (Å²) in [5.41, 5.74) is 0.101. The van der Waals surface area contributed by atoms with Gasteiger partial charge in [0, 0.05) is 23.5 Å². The number of aromatic hydroxyl groups is 1. The first-order valence-electron chi connectivity index (χ1n) is 7.57. The van der Waals surface area contributed by atoms with Crippen LogP contribution in [0.2, 0.25) is 0 Å². The number of aliphatic hydroxyl groups is 1. The Kier molecular flexibility index (Phi) is 4.63. The number of phenols is 1. The molecule has 1 aromatic carbocycles. The summed E-state index contributed by atoms with van der Waals surface area (Å²) in [7, 11) is 0. The summed E-state index contributed by atoms with van der Waals surface area (Å²) in [4.78, 5) is 15.2. The predicted octanol–water partition coefficient (Wildman–Crippen LogP) is 3.32. The van der Waals surface area contributed by atoms with E-state index in [1.54, 1.807) is 4.90 Å². The summed E-state index contributed by atoms with van der Waals surface area (Å²) in [5, 5.41) is 22.0. The van der Waals surface area contributed by atoms with Crippen LogP contribution in [0, 0.1) is 5.82 Å². The van der Waals surface area contributed by atoms with E-state index < -0.39 is 11.9 Å². The van der Waals surface area contributed by atoms with E-state index in [1.807, 2.05) is 17.5 Å². The van der Waals surface area contributed by atoms with E-state index in [2.05, 4.69) is 0 Å². The lowest BCUT2D eigenvalue weighted by Crippen LogP contribution is -2.36. The van der Waals surface area contributed by atoms with Crippen molar-refractivity contribution in [1.82, 2.24) is 4.90 Å². The third kappa shape index (κ3) is 3.38. The van der Waals surface area contributed by atoms with Gasteiger partial charge in [0.15, 0.2) is 0 Å². The van der Waals surface area contributed by atoms with Crippen LogP contribution in [-0.2, 0) is 0 Å². The molecule has 0 spiro atoms. The van der Waals surface area contributed by atoms with Gasteiger partial charge in [0.2, 0.25) is 0 Å². The highest BCUT2D eigenvalue weighted by Gasteiger charge is 2.32. The van der Waals surface area contributed by atoms with Crippen molar-refractivity contribution in [2.75, 3.05) is 6.54 Å². The fourth-order valence-electron chi connectivity index (χ4n) is 3.04.